The molecule has 2 heteroatoms. The van der Waals surface area contributed by atoms with Gasteiger partial charge in [0, 0.05) is 18.8 Å². The van der Waals surface area contributed by atoms with Crippen molar-refractivity contribution in [2.24, 2.45) is 4.99 Å². The number of fused-ring (bicyclic) bond motifs is 2. The molecule has 0 unspecified atom stereocenters. The summed E-state index contributed by atoms with van der Waals surface area (Å²) >= 11 is 0. The number of hydrogen-bond donors (Lipinski definition) is 1. The highest BCUT2D eigenvalue weighted by Gasteiger charge is 2.11. The molecular formula is C21H24N2. The van der Waals surface area contributed by atoms with Crippen LogP contribution >= 0.6 is 0 Å². The van der Waals surface area contributed by atoms with Crippen LogP contribution in [0.1, 0.15) is 40.7 Å². The minimum absolute atomic E-state index is 0.979. The molecule has 0 aromatic heterocycles. The Morgan fingerprint density at radius 3 is 2.74 bits per heavy atom. The Kier molecular flexibility index (Phi) is 3.68. The van der Waals surface area contributed by atoms with Gasteiger partial charge in [0.15, 0.2) is 0 Å². The average Bonchev–Trinajstić information content (AvgIpc) is 2.56. The van der Waals surface area contributed by atoms with Crippen LogP contribution in [0.4, 0.5) is 5.69 Å². The zero-order chi connectivity index (χ0) is 15.8. The molecule has 118 valence electrons. The number of hydrogen-bond acceptors (Lipinski definition) is 2. The normalized spacial score (nSPS) is 17.0. The van der Waals surface area contributed by atoms with Crippen molar-refractivity contribution in [1.29, 1.82) is 0 Å². The highest BCUT2D eigenvalue weighted by molar-refractivity contribution is 5.64. The maximum Gasteiger partial charge on any atom is 0.0609 e. The molecule has 0 amide bonds. The van der Waals surface area contributed by atoms with Crippen molar-refractivity contribution in [2.75, 3.05) is 18.4 Å². The summed E-state index contributed by atoms with van der Waals surface area (Å²) in [6.45, 7) is 6.49. The van der Waals surface area contributed by atoms with E-state index >= 15 is 0 Å². The Balaban J connectivity index is 1.85. The summed E-state index contributed by atoms with van der Waals surface area (Å²) in [5, 5.41) is 6.07. The molecule has 4 rings (SSSR count). The second kappa shape index (κ2) is 5.84. The molecule has 2 nitrogen and oxygen atoms in total. The highest BCUT2D eigenvalue weighted by atomic mass is 14.9. The number of aryl methyl sites for hydroxylation is 4. The minimum Gasteiger partial charge on any atom is -0.385 e. The average molecular weight is 304 g/mol. The van der Waals surface area contributed by atoms with Crippen molar-refractivity contribution in [2.45, 2.75) is 39.5 Å². The fourth-order valence-corrected chi connectivity index (χ4v) is 3.70. The Bertz CT molecular complexity index is 878. The fraction of sp³-hybridized carbons (Fsp3) is 0.381. The number of nitrogens with zero attached hydrogens (tertiary/aromatic N) is 1. The van der Waals surface area contributed by atoms with E-state index in [1.54, 1.807) is 0 Å². The predicted molar refractivity (Wildman–Crippen MR) is 96.7 cm³/mol. The quantitative estimate of drug-likeness (QED) is 0.860. The molecule has 2 aliphatic rings. The van der Waals surface area contributed by atoms with Gasteiger partial charge in [-0.25, -0.2) is 0 Å². The highest BCUT2D eigenvalue weighted by Crippen LogP contribution is 2.26. The molecule has 23 heavy (non-hydrogen) atoms. The van der Waals surface area contributed by atoms with Gasteiger partial charge < -0.3 is 5.32 Å². The maximum atomic E-state index is 4.66. The summed E-state index contributed by atoms with van der Waals surface area (Å²) in [5.74, 6) is 0. The zero-order valence-electron chi connectivity index (χ0n) is 14.1. The summed E-state index contributed by atoms with van der Waals surface area (Å²) in [4.78, 5) is 4.66. The van der Waals surface area contributed by atoms with Gasteiger partial charge in [0.1, 0.15) is 0 Å². The topological polar surface area (TPSA) is 24.4 Å². The van der Waals surface area contributed by atoms with Gasteiger partial charge in [0.25, 0.3) is 0 Å². The van der Waals surface area contributed by atoms with E-state index in [2.05, 4.69) is 54.5 Å². The molecular weight excluding hydrogens is 280 g/mol. The van der Waals surface area contributed by atoms with Crippen molar-refractivity contribution in [1.82, 2.24) is 0 Å². The molecule has 0 atom stereocenters. The van der Waals surface area contributed by atoms with Crippen molar-refractivity contribution in [3.8, 4) is 0 Å². The zero-order valence-corrected chi connectivity index (χ0v) is 14.1. The van der Waals surface area contributed by atoms with Crippen LogP contribution in [0.15, 0.2) is 29.3 Å². The van der Waals surface area contributed by atoms with Crippen LogP contribution in [0.3, 0.4) is 0 Å². The molecule has 1 N–H and O–H groups in total. The van der Waals surface area contributed by atoms with E-state index < -0.39 is 0 Å². The van der Waals surface area contributed by atoms with Gasteiger partial charge in [-0.05, 0) is 103 Å². The van der Waals surface area contributed by atoms with Crippen LogP contribution in [-0.4, -0.2) is 13.1 Å². The van der Waals surface area contributed by atoms with Gasteiger partial charge >= 0.3 is 0 Å². The van der Waals surface area contributed by atoms with Crippen LogP contribution in [0, 0.1) is 13.8 Å². The summed E-state index contributed by atoms with van der Waals surface area (Å²) in [7, 11) is 0. The first kappa shape index (κ1) is 14.5. The largest absolute Gasteiger partial charge is 0.385 e. The van der Waals surface area contributed by atoms with Crippen LogP contribution in [0.5, 0.6) is 0 Å². The lowest BCUT2D eigenvalue weighted by molar-refractivity contribution is 0.767. The Morgan fingerprint density at radius 2 is 1.83 bits per heavy atom. The minimum atomic E-state index is 0.979. The molecule has 0 fully saturated rings. The van der Waals surface area contributed by atoms with Crippen LogP contribution < -0.4 is 15.9 Å². The first-order chi connectivity index (χ1) is 11.2. The first-order valence-electron chi connectivity index (χ1n) is 8.74. The molecule has 0 saturated heterocycles. The molecule has 2 heterocycles. The van der Waals surface area contributed by atoms with Gasteiger partial charge in [-0.1, -0.05) is 0 Å². The molecule has 0 saturated carbocycles. The SMILES string of the molecule is Cc1cc2c(cc1/C=c1/cc3c(cc1C)=NCCC3)CCCN2. The third kappa shape index (κ3) is 2.78. The smallest absolute Gasteiger partial charge is 0.0609 e. The lowest BCUT2D eigenvalue weighted by Gasteiger charge is -2.19. The lowest BCUT2D eigenvalue weighted by Crippen LogP contribution is -2.22. The molecule has 0 radical (unpaired) electrons. The van der Waals surface area contributed by atoms with E-state index in [0.717, 1.165) is 19.5 Å². The molecule has 2 aromatic rings. The van der Waals surface area contributed by atoms with Gasteiger partial charge in [0.2, 0.25) is 0 Å². The summed E-state index contributed by atoms with van der Waals surface area (Å²) < 4.78 is 0. The second-order valence-corrected chi connectivity index (χ2v) is 6.86. The Labute approximate surface area is 138 Å². The van der Waals surface area contributed by atoms with Gasteiger partial charge in [0.05, 0.1) is 5.36 Å². The van der Waals surface area contributed by atoms with E-state index in [9.17, 15) is 0 Å². The summed E-state index contributed by atoms with van der Waals surface area (Å²) in [5.41, 5.74) is 8.21. The van der Waals surface area contributed by atoms with Crippen molar-refractivity contribution in [3.05, 3.63) is 62.7 Å². The van der Waals surface area contributed by atoms with Crippen LogP contribution in [-0.2, 0) is 12.8 Å². The Hall–Kier alpha value is -2.09. The number of anilines is 1. The first-order valence-corrected chi connectivity index (χ1v) is 8.74. The van der Waals surface area contributed by atoms with E-state index in [0.29, 0.717) is 0 Å². The number of rotatable bonds is 1. The fourth-order valence-electron chi connectivity index (χ4n) is 3.70. The maximum absolute atomic E-state index is 4.66. The van der Waals surface area contributed by atoms with E-state index in [1.165, 1.54) is 63.3 Å². The summed E-state index contributed by atoms with van der Waals surface area (Å²) in [6.07, 6.45) is 7.11. The monoisotopic (exact) mass is 304 g/mol. The van der Waals surface area contributed by atoms with Gasteiger partial charge in [-0.3, -0.25) is 4.99 Å². The third-order valence-corrected chi connectivity index (χ3v) is 5.09. The third-order valence-electron chi connectivity index (χ3n) is 5.09. The van der Waals surface area contributed by atoms with Crippen molar-refractivity contribution < 1.29 is 0 Å². The van der Waals surface area contributed by atoms with Gasteiger partial charge in [-0.15, -0.1) is 0 Å². The van der Waals surface area contributed by atoms with E-state index in [4.69, 9.17) is 0 Å². The summed E-state index contributed by atoms with van der Waals surface area (Å²) in [6, 6.07) is 9.30. The van der Waals surface area contributed by atoms with Gasteiger partial charge in [-0.2, -0.15) is 0 Å². The van der Waals surface area contributed by atoms with E-state index in [-0.39, 0.29) is 0 Å². The number of benzene rings is 2. The number of nitrogens with one attached hydrogen (secondary N) is 1. The van der Waals surface area contributed by atoms with Crippen molar-refractivity contribution in [3.63, 3.8) is 0 Å². The molecule has 0 bridgehead atoms. The van der Waals surface area contributed by atoms with E-state index in [1.807, 2.05) is 0 Å². The second-order valence-electron chi connectivity index (χ2n) is 6.86. The molecule has 0 spiro atoms. The van der Waals surface area contributed by atoms with Crippen LogP contribution in [0.25, 0.3) is 6.08 Å². The van der Waals surface area contributed by atoms with Crippen molar-refractivity contribution >= 4 is 11.8 Å². The molecule has 2 aliphatic heterocycles. The lowest BCUT2D eigenvalue weighted by atomic mass is 9.95. The predicted octanol–water partition coefficient (Wildman–Crippen LogP) is 3.06. The molecule has 2 aromatic carbocycles. The molecule has 0 aliphatic carbocycles. The Morgan fingerprint density at radius 1 is 0.957 bits per heavy atom. The van der Waals surface area contributed by atoms with Crippen LogP contribution in [0.2, 0.25) is 0 Å². The standard InChI is InChI=1S/C21H24N2/c1-14-9-20-16(5-3-7-22-20)11-18(14)13-19-12-17-6-4-8-23-21(17)10-15(19)2/h9-13,22H,3-8H2,1-2H3/b19-13-.